The van der Waals surface area contributed by atoms with Crippen molar-refractivity contribution < 1.29 is 24.0 Å². The first kappa shape index (κ1) is 27.1. The molecule has 3 aromatic rings. The van der Waals surface area contributed by atoms with Crippen LogP contribution in [0.25, 0.3) is 0 Å². The largest absolute Gasteiger partial charge is 0.490 e. The van der Waals surface area contributed by atoms with E-state index in [2.05, 4.69) is 50.4 Å². The summed E-state index contributed by atoms with van der Waals surface area (Å²) >= 11 is 0. The van der Waals surface area contributed by atoms with Gasteiger partial charge in [-0.2, -0.15) is 0 Å². The van der Waals surface area contributed by atoms with Crippen molar-refractivity contribution in [2.24, 2.45) is 0 Å². The zero-order valence-electron chi connectivity index (χ0n) is 20.9. The summed E-state index contributed by atoms with van der Waals surface area (Å²) in [7, 11) is -1.61. The van der Waals surface area contributed by atoms with Crippen LogP contribution < -0.4 is 20.4 Å². The van der Waals surface area contributed by atoms with Gasteiger partial charge in [-0.1, -0.05) is 93.6 Å². The van der Waals surface area contributed by atoms with E-state index in [-0.39, 0.29) is 23.1 Å². The van der Waals surface area contributed by atoms with Crippen molar-refractivity contribution in [1.82, 2.24) is 5.32 Å². The minimum absolute atomic E-state index is 0.0105. The number of nitro benzene ring substituents is 1. The molecule has 0 fully saturated rings. The van der Waals surface area contributed by atoms with Gasteiger partial charge in [0.05, 0.1) is 24.7 Å². The van der Waals surface area contributed by atoms with E-state index in [0.717, 1.165) is 10.4 Å². The molecular formula is C27H32N2O6Si. The molecule has 0 unspecified atom stereocenters. The van der Waals surface area contributed by atoms with E-state index >= 15 is 0 Å². The van der Waals surface area contributed by atoms with E-state index in [0.29, 0.717) is 5.56 Å². The number of hydrogen-bond acceptors (Lipinski definition) is 6. The van der Waals surface area contributed by atoms with Crippen LogP contribution in [0.4, 0.5) is 5.69 Å². The molecular weight excluding hydrogens is 476 g/mol. The third-order valence-corrected chi connectivity index (χ3v) is 11.2. The Morgan fingerprint density at radius 1 is 1.00 bits per heavy atom. The number of hydrogen-bond donors (Lipinski definition) is 2. The Bertz CT molecular complexity index is 1140. The molecule has 0 saturated carbocycles. The van der Waals surface area contributed by atoms with Crippen molar-refractivity contribution in [2.45, 2.75) is 31.9 Å². The summed E-state index contributed by atoms with van der Waals surface area (Å²) in [6.07, 6.45) is 0. The molecule has 3 rings (SSSR count). The highest BCUT2D eigenvalue weighted by Gasteiger charge is 2.50. The van der Waals surface area contributed by atoms with Gasteiger partial charge in [0.25, 0.3) is 8.32 Å². The van der Waals surface area contributed by atoms with Crippen LogP contribution >= 0.6 is 0 Å². The molecule has 3 aromatic carbocycles. The molecule has 0 aliphatic heterocycles. The third kappa shape index (κ3) is 5.48. The van der Waals surface area contributed by atoms with Gasteiger partial charge in [0.1, 0.15) is 6.61 Å². The summed E-state index contributed by atoms with van der Waals surface area (Å²) < 4.78 is 12.3. The van der Waals surface area contributed by atoms with Gasteiger partial charge in [0.2, 0.25) is 11.7 Å². The standard InChI is InChI=1S/C27H32N2O6Si/c1-27(2,3)36(20-12-7-5-8-13-20,21-14-9-6-10-15-21)35-19-23(28-25(31)18-30)22-16-11-17-24(29(32)33)26(22)34-4/h5-17,23,30H,18-19H2,1-4H3,(H,28,31)/t23-/m0/s1. The number of nitrogens with zero attached hydrogens (tertiary/aromatic N) is 1. The molecule has 0 aliphatic rings. The van der Waals surface area contributed by atoms with Crippen LogP contribution in [-0.2, 0) is 9.22 Å². The maximum Gasteiger partial charge on any atom is 0.311 e. The van der Waals surface area contributed by atoms with E-state index in [1.165, 1.54) is 19.2 Å². The van der Waals surface area contributed by atoms with E-state index in [1.807, 2.05) is 36.4 Å². The summed E-state index contributed by atoms with van der Waals surface area (Å²) in [5.41, 5.74) is 0.176. The molecule has 8 nitrogen and oxygen atoms in total. The van der Waals surface area contributed by atoms with Gasteiger partial charge in [-0.05, 0) is 15.4 Å². The Labute approximate surface area is 212 Å². The van der Waals surface area contributed by atoms with Gasteiger partial charge in [0, 0.05) is 11.6 Å². The predicted octanol–water partition coefficient (Wildman–Crippen LogP) is 3.33. The number of amides is 1. The Balaban J connectivity index is 2.16. The second-order valence-electron chi connectivity index (χ2n) is 9.41. The van der Waals surface area contributed by atoms with Gasteiger partial charge >= 0.3 is 5.69 Å². The van der Waals surface area contributed by atoms with Crippen molar-refractivity contribution in [3.05, 3.63) is 94.5 Å². The molecule has 0 saturated heterocycles. The van der Waals surface area contributed by atoms with Crippen LogP contribution in [0.2, 0.25) is 5.04 Å². The lowest BCUT2D eigenvalue weighted by Gasteiger charge is -2.43. The van der Waals surface area contributed by atoms with Gasteiger partial charge in [-0.15, -0.1) is 0 Å². The molecule has 0 aromatic heterocycles. The number of nitro groups is 1. The van der Waals surface area contributed by atoms with E-state index in [4.69, 9.17) is 9.16 Å². The zero-order chi connectivity index (χ0) is 26.3. The number of benzene rings is 3. The number of carbonyl (C=O) groups excluding carboxylic acids is 1. The number of ether oxygens (including phenoxy) is 1. The van der Waals surface area contributed by atoms with Crippen LogP contribution in [0.5, 0.6) is 5.75 Å². The summed E-state index contributed by atoms with van der Waals surface area (Å²) in [5.74, 6) is -0.587. The lowest BCUT2D eigenvalue weighted by atomic mass is 10.0. The molecule has 0 radical (unpaired) electrons. The first-order valence-electron chi connectivity index (χ1n) is 11.6. The fraction of sp³-hybridized carbons (Fsp3) is 0.296. The minimum Gasteiger partial charge on any atom is -0.490 e. The second-order valence-corrected chi connectivity index (χ2v) is 13.7. The van der Waals surface area contributed by atoms with Crippen molar-refractivity contribution in [3.8, 4) is 5.75 Å². The molecule has 1 amide bonds. The van der Waals surface area contributed by atoms with Crippen molar-refractivity contribution in [3.63, 3.8) is 0 Å². The van der Waals surface area contributed by atoms with Gasteiger partial charge in [-0.25, -0.2) is 0 Å². The minimum atomic E-state index is -2.96. The number of aliphatic hydroxyl groups excluding tert-OH is 1. The molecule has 190 valence electrons. The highest BCUT2D eigenvalue weighted by molar-refractivity contribution is 6.99. The quantitative estimate of drug-likeness (QED) is 0.247. The van der Waals surface area contributed by atoms with E-state index < -0.39 is 31.8 Å². The first-order valence-corrected chi connectivity index (χ1v) is 13.5. The molecule has 1 atom stereocenters. The van der Waals surface area contributed by atoms with Crippen molar-refractivity contribution in [1.29, 1.82) is 0 Å². The molecule has 9 heteroatoms. The number of para-hydroxylation sites is 1. The summed E-state index contributed by atoms with van der Waals surface area (Å²) in [6.45, 7) is 5.68. The third-order valence-electron chi connectivity index (χ3n) is 6.16. The Kier molecular flexibility index (Phi) is 8.62. The predicted molar refractivity (Wildman–Crippen MR) is 141 cm³/mol. The zero-order valence-corrected chi connectivity index (χ0v) is 21.9. The number of aliphatic hydroxyl groups is 1. The fourth-order valence-electron chi connectivity index (χ4n) is 4.60. The summed E-state index contributed by atoms with van der Waals surface area (Å²) in [5, 5.41) is 25.6. The summed E-state index contributed by atoms with van der Waals surface area (Å²) in [6, 6.07) is 23.8. The maximum atomic E-state index is 12.3. The fourth-order valence-corrected chi connectivity index (χ4v) is 9.17. The lowest BCUT2D eigenvalue weighted by Crippen LogP contribution is -2.67. The Morgan fingerprint density at radius 2 is 1.56 bits per heavy atom. The average Bonchev–Trinajstić information content (AvgIpc) is 2.88. The number of methoxy groups -OCH3 is 1. The molecule has 0 heterocycles. The van der Waals surface area contributed by atoms with Crippen LogP contribution in [0.3, 0.4) is 0 Å². The normalized spacial score (nSPS) is 12.6. The van der Waals surface area contributed by atoms with Crippen LogP contribution in [0, 0.1) is 10.1 Å². The number of rotatable bonds is 10. The van der Waals surface area contributed by atoms with Crippen LogP contribution in [-0.4, -0.2) is 44.6 Å². The first-order chi connectivity index (χ1) is 17.2. The Morgan fingerprint density at radius 3 is 2.00 bits per heavy atom. The van der Waals surface area contributed by atoms with Crippen molar-refractivity contribution in [2.75, 3.05) is 20.3 Å². The van der Waals surface area contributed by atoms with Gasteiger partial charge < -0.3 is 19.6 Å². The topological polar surface area (TPSA) is 111 Å². The average molecular weight is 509 g/mol. The molecule has 0 aliphatic carbocycles. The van der Waals surface area contributed by atoms with E-state index in [9.17, 15) is 20.0 Å². The maximum absolute atomic E-state index is 12.3. The summed E-state index contributed by atoms with van der Waals surface area (Å²) in [4.78, 5) is 23.4. The van der Waals surface area contributed by atoms with E-state index in [1.54, 1.807) is 6.07 Å². The molecule has 0 bridgehead atoms. The molecule has 36 heavy (non-hydrogen) atoms. The second kappa shape index (κ2) is 11.5. The number of nitrogens with one attached hydrogen (secondary N) is 1. The Hall–Kier alpha value is -3.53. The highest BCUT2D eigenvalue weighted by atomic mass is 28.4. The van der Waals surface area contributed by atoms with Crippen LogP contribution in [0.1, 0.15) is 32.4 Å². The lowest BCUT2D eigenvalue weighted by molar-refractivity contribution is -0.385. The number of carbonyl (C=O) groups is 1. The highest BCUT2D eigenvalue weighted by Crippen LogP contribution is 2.39. The SMILES string of the molecule is COc1c([C@H](CO[Si](c2ccccc2)(c2ccccc2)C(C)(C)C)NC(=O)CO)cccc1[N+](=O)[O-]. The smallest absolute Gasteiger partial charge is 0.311 e. The molecule has 2 N–H and O–H groups in total. The van der Waals surface area contributed by atoms with Gasteiger partial charge in [0.15, 0.2) is 0 Å². The van der Waals surface area contributed by atoms with Crippen LogP contribution in [0.15, 0.2) is 78.9 Å². The van der Waals surface area contributed by atoms with Crippen molar-refractivity contribution >= 4 is 30.3 Å². The monoisotopic (exact) mass is 508 g/mol. The van der Waals surface area contributed by atoms with Gasteiger partial charge in [-0.3, -0.25) is 14.9 Å². The molecule has 0 spiro atoms.